The van der Waals surface area contributed by atoms with Gasteiger partial charge >= 0.3 is 6.09 Å². The van der Waals surface area contributed by atoms with Crippen molar-refractivity contribution >= 4 is 27.8 Å². The lowest BCUT2D eigenvalue weighted by atomic mass is 10.1. The molecule has 0 spiro atoms. The maximum atomic E-state index is 12.5. The van der Waals surface area contributed by atoms with Gasteiger partial charge in [-0.2, -0.15) is 0 Å². The van der Waals surface area contributed by atoms with Gasteiger partial charge in [0.25, 0.3) is 0 Å². The molecule has 1 aromatic carbocycles. The zero-order valence-electron chi connectivity index (χ0n) is 13.0. The Hall–Kier alpha value is -2.08. The van der Waals surface area contributed by atoms with Crippen LogP contribution in [0.5, 0.6) is 5.75 Å². The number of hydrogen-bond acceptors (Lipinski definition) is 4. The van der Waals surface area contributed by atoms with Crippen LogP contribution in [-0.2, 0) is 11.3 Å². The van der Waals surface area contributed by atoms with Gasteiger partial charge < -0.3 is 9.47 Å². The second-order valence-electron chi connectivity index (χ2n) is 5.96. The van der Waals surface area contributed by atoms with E-state index in [1.165, 1.54) is 4.90 Å². The fourth-order valence-corrected chi connectivity index (χ4v) is 2.74. The van der Waals surface area contributed by atoms with Crippen LogP contribution in [0.15, 0.2) is 47.1 Å². The number of benzene rings is 1. The summed E-state index contributed by atoms with van der Waals surface area (Å²) in [5.74, 6) is 1.04. The average Bonchev–Trinajstić information content (AvgIpc) is 2.51. The molecule has 0 saturated carbocycles. The van der Waals surface area contributed by atoms with Gasteiger partial charge in [0.1, 0.15) is 12.2 Å². The van der Waals surface area contributed by atoms with Crippen molar-refractivity contribution in [2.75, 3.05) is 11.4 Å². The summed E-state index contributed by atoms with van der Waals surface area (Å²) < 4.78 is 12.1. The molecule has 2 heterocycles. The summed E-state index contributed by atoms with van der Waals surface area (Å²) in [4.78, 5) is 18.3. The Morgan fingerprint density at radius 2 is 2.13 bits per heavy atom. The fraction of sp³-hybridized carbons (Fsp3) is 0.294. The monoisotopic (exact) mass is 376 g/mol. The van der Waals surface area contributed by atoms with Crippen LogP contribution in [0.4, 0.5) is 10.6 Å². The van der Waals surface area contributed by atoms with Gasteiger partial charge in [-0.15, -0.1) is 0 Å². The molecule has 1 amide bonds. The van der Waals surface area contributed by atoms with E-state index in [0.29, 0.717) is 18.1 Å². The van der Waals surface area contributed by atoms with E-state index >= 15 is 0 Å². The molecule has 0 bridgehead atoms. The highest BCUT2D eigenvalue weighted by atomic mass is 79.9. The highest BCUT2D eigenvalue weighted by molar-refractivity contribution is 9.10. The number of rotatable bonds is 2. The molecule has 1 aromatic heterocycles. The molecule has 2 aromatic rings. The SMILES string of the molecule is CC1(C)CN(C(=O)OCc2ccccc2)c2ncc(Br)cc2O1. The van der Waals surface area contributed by atoms with Crippen LogP contribution in [0.2, 0.25) is 0 Å². The topological polar surface area (TPSA) is 51.7 Å². The van der Waals surface area contributed by atoms with Crippen LogP contribution in [0.1, 0.15) is 19.4 Å². The number of aromatic nitrogens is 1. The van der Waals surface area contributed by atoms with Crippen molar-refractivity contribution in [3.05, 3.63) is 52.6 Å². The Labute approximate surface area is 143 Å². The molecule has 0 unspecified atom stereocenters. The zero-order valence-corrected chi connectivity index (χ0v) is 14.5. The summed E-state index contributed by atoms with van der Waals surface area (Å²) in [5, 5.41) is 0. The minimum Gasteiger partial charge on any atom is -0.482 e. The highest BCUT2D eigenvalue weighted by Crippen LogP contribution is 2.37. The molecule has 1 aliphatic heterocycles. The third kappa shape index (κ3) is 3.64. The molecule has 6 heteroatoms. The van der Waals surface area contributed by atoms with Gasteiger partial charge in [0.2, 0.25) is 0 Å². The van der Waals surface area contributed by atoms with Crippen LogP contribution in [0.3, 0.4) is 0 Å². The highest BCUT2D eigenvalue weighted by Gasteiger charge is 2.36. The number of hydrogen-bond donors (Lipinski definition) is 0. The average molecular weight is 377 g/mol. The molecule has 0 fully saturated rings. The van der Waals surface area contributed by atoms with E-state index in [2.05, 4.69) is 20.9 Å². The lowest BCUT2D eigenvalue weighted by molar-refractivity contribution is 0.0932. The summed E-state index contributed by atoms with van der Waals surface area (Å²) in [6, 6.07) is 11.4. The third-order valence-electron chi connectivity index (χ3n) is 3.41. The van der Waals surface area contributed by atoms with Gasteiger partial charge in [0.15, 0.2) is 11.6 Å². The quantitative estimate of drug-likeness (QED) is 0.789. The fourth-order valence-electron chi connectivity index (χ4n) is 2.43. The lowest BCUT2D eigenvalue weighted by Gasteiger charge is -2.38. The molecule has 0 atom stereocenters. The zero-order chi connectivity index (χ0) is 16.4. The molecule has 0 saturated heterocycles. The number of ether oxygens (including phenoxy) is 2. The molecule has 5 nitrogen and oxygen atoms in total. The maximum absolute atomic E-state index is 12.5. The predicted molar refractivity (Wildman–Crippen MR) is 90.6 cm³/mol. The van der Waals surface area contributed by atoms with E-state index in [4.69, 9.17) is 9.47 Å². The number of fused-ring (bicyclic) bond motifs is 1. The molecular weight excluding hydrogens is 360 g/mol. The van der Waals surface area contributed by atoms with E-state index in [-0.39, 0.29) is 6.61 Å². The summed E-state index contributed by atoms with van der Waals surface area (Å²) in [6.45, 7) is 4.45. The van der Waals surface area contributed by atoms with Crippen LogP contribution < -0.4 is 9.64 Å². The molecule has 23 heavy (non-hydrogen) atoms. The second kappa shape index (κ2) is 6.20. The van der Waals surface area contributed by atoms with Crippen LogP contribution >= 0.6 is 15.9 Å². The van der Waals surface area contributed by atoms with E-state index in [1.54, 1.807) is 12.3 Å². The smallest absolute Gasteiger partial charge is 0.416 e. The van der Waals surface area contributed by atoms with Gasteiger partial charge in [-0.3, -0.25) is 4.90 Å². The largest absolute Gasteiger partial charge is 0.482 e. The lowest BCUT2D eigenvalue weighted by Crippen LogP contribution is -2.49. The van der Waals surface area contributed by atoms with Crippen molar-refractivity contribution in [1.29, 1.82) is 0 Å². The van der Waals surface area contributed by atoms with Gasteiger partial charge in [-0.25, -0.2) is 9.78 Å². The van der Waals surface area contributed by atoms with Crippen molar-refractivity contribution < 1.29 is 14.3 Å². The van der Waals surface area contributed by atoms with E-state index in [1.807, 2.05) is 44.2 Å². The number of nitrogens with zero attached hydrogens (tertiary/aromatic N) is 2. The third-order valence-corrected chi connectivity index (χ3v) is 3.84. The standard InChI is InChI=1S/C17H17BrN2O3/c1-17(2)11-20(15-14(23-17)8-13(18)9-19-15)16(21)22-10-12-6-4-3-5-7-12/h3-9H,10-11H2,1-2H3. The Morgan fingerprint density at radius 3 is 2.87 bits per heavy atom. The molecule has 0 radical (unpaired) electrons. The van der Waals surface area contributed by atoms with Crippen molar-refractivity contribution in [2.45, 2.75) is 26.1 Å². The molecule has 0 N–H and O–H groups in total. The minimum atomic E-state index is -0.513. The van der Waals surface area contributed by atoms with Crippen molar-refractivity contribution in [1.82, 2.24) is 4.98 Å². The van der Waals surface area contributed by atoms with E-state index < -0.39 is 11.7 Å². The van der Waals surface area contributed by atoms with Gasteiger partial charge in [-0.05, 0) is 41.4 Å². The summed E-state index contributed by atoms with van der Waals surface area (Å²) in [5.41, 5.74) is 0.429. The number of halogens is 1. The van der Waals surface area contributed by atoms with Crippen LogP contribution in [-0.4, -0.2) is 23.2 Å². The Balaban J connectivity index is 1.80. The number of pyridine rings is 1. The van der Waals surface area contributed by atoms with Gasteiger partial charge in [0, 0.05) is 10.7 Å². The normalized spacial score (nSPS) is 15.5. The number of carbonyl (C=O) groups excluding carboxylic acids is 1. The first kappa shape index (κ1) is 15.8. The first-order valence-electron chi connectivity index (χ1n) is 7.27. The van der Waals surface area contributed by atoms with E-state index in [9.17, 15) is 4.79 Å². The van der Waals surface area contributed by atoms with Crippen LogP contribution in [0, 0.1) is 0 Å². The maximum Gasteiger partial charge on any atom is 0.416 e. The minimum absolute atomic E-state index is 0.226. The predicted octanol–water partition coefficient (Wildman–Crippen LogP) is 4.16. The second-order valence-corrected chi connectivity index (χ2v) is 6.88. The van der Waals surface area contributed by atoms with Crippen LogP contribution in [0.25, 0.3) is 0 Å². The number of amides is 1. The number of anilines is 1. The molecule has 120 valence electrons. The van der Waals surface area contributed by atoms with Gasteiger partial charge in [-0.1, -0.05) is 30.3 Å². The molecular formula is C17H17BrN2O3. The molecule has 1 aliphatic rings. The first-order chi connectivity index (χ1) is 10.9. The van der Waals surface area contributed by atoms with Gasteiger partial charge in [0.05, 0.1) is 6.54 Å². The summed E-state index contributed by atoms with van der Waals surface area (Å²) in [7, 11) is 0. The Kier molecular flexibility index (Phi) is 4.26. The van der Waals surface area contributed by atoms with Crippen molar-refractivity contribution in [3.63, 3.8) is 0 Å². The summed E-state index contributed by atoms with van der Waals surface area (Å²) >= 11 is 3.37. The first-order valence-corrected chi connectivity index (χ1v) is 8.07. The molecule has 0 aliphatic carbocycles. The Bertz CT molecular complexity index is 719. The Morgan fingerprint density at radius 1 is 1.39 bits per heavy atom. The summed E-state index contributed by atoms with van der Waals surface area (Å²) in [6.07, 6.45) is 1.21. The molecule has 3 rings (SSSR count). The number of carbonyl (C=O) groups is 1. The van der Waals surface area contributed by atoms with Crippen molar-refractivity contribution in [3.8, 4) is 5.75 Å². The van der Waals surface area contributed by atoms with Crippen molar-refractivity contribution in [2.24, 2.45) is 0 Å². The van der Waals surface area contributed by atoms with E-state index in [0.717, 1.165) is 10.0 Å².